The molecule has 160 valence electrons. The molecule has 0 saturated heterocycles. The molecule has 0 atom stereocenters. The van der Waals surface area contributed by atoms with Gasteiger partial charge in [0.05, 0.1) is 16.4 Å². The molecule has 0 fully saturated rings. The molecular weight excluding hydrogens is 437 g/mol. The van der Waals surface area contributed by atoms with Gasteiger partial charge in [-0.3, -0.25) is 14.3 Å². The van der Waals surface area contributed by atoms with Gasteiger partial charge in [-0.2, -0.15) is 0 Å². The van der Waals surface area contributed by atoms with E-state index in [1.807, 2.05) is 18.2 Å². The normalized spacial score (nSPS) is 13.3. The summed E-state index contributed by atoms with van der Waals surface area (Å²) < 4.78 is 13.4. The molecule has 31 heavy (non-hydrogen) atoms. The van der Waals surface area contributed by atoms with E-state index in [1.165, 1.54) is 11.6 Å². The molecule has 0 aliphatic carbocycles. The summed E-state index contributed by atoms with van der Waals surface area (Å²) in [4.78, 5) is 16.9. The van der Waals surface area contributed by atoms with Crippen molar-refractivity contribution >= 4 is 35.0 Å². The summed E-state index contributed by atoms with van der Waals surface area (Å²) in [6, 6.07) is 12.7. The molecule has 0 amide bonds. The van der Waals surface area contributed by atoms with Crippen molar-refractivity contribution in [2.45, 2.75) is 26.0 Å². The van der Waals surface area contributed by atoms with Gasteiger partial charge in [0.1, 0.15) is 23.7 Å². The van der Waals surface area contributed by atoms with Crippen LogP contribution in [0.3, 0.4) is 0 Å². The van der Waals surface area contributed by atoms with E-state index in [0.717, 1.165) is 54.0 Å². The van der Waals surface area contributed by atoms with Gasteiger partial charge < -0.3 is 14.5 Å². The van der Waals surface area contributed by atoms with Crippen molar-refractivity contribution < 1.29 is 9.15 Å². The number of pyridine rings is 2. The highest BCUT2D eigenvalue weighted by Gasteiger charge is 2.17. The van der Waals surface area contributed by atoms with Crippen LogP contribution in [0, 0.1) is 0 Å². The van der Waals surface area contributed by atoms with Gasteiger partial charge in [-0.25, -0.2) is 0 Å². The first-order valence-electron chi connectivity index (χ1n) is 9.89. The Hall–Kier alpha value is -2.80. The molecule has 8 heteroatoms. The second kappa shape index (κ2) is 9.14. The topological polar surface area (TPSA) is 69.3 Å². The zero-order valence-electron chi connectivity index (χ0n) is 16.6. The maximum Gasteiger partial charge on any atom is 0.258 e. The van der Waals surface area contributed by atoms with Gasteiger partial charge >= 0.3 is 0 Å². The van der Waals surface area contributed by atoms with Crippen molar-refractivity contribution in [1.82, 2.24) is 14.9 Å². The fraction of sp³-hybridized carbons (Fsp3) is 0.217. The molecular formula is C23H21Cl2N3O3. The molecule has 0 bridgehead atoms. The predicted molar refractivity (Wildman–Crippen MR) is 123 cm³/mol. The highest BCUT2D eigenvalue weighted by Crippen LogP contribution is 2.29. The minimum atomic E-state index is -0.175. The molecule has 0 spiro atoms. The molecule has 6 nitrogen and oxygen atoms in total. The first-order valence-corrected chi connectivity index (χ1v) is 10.3. The molecule has 1 aromatic carbocycles. The van der Waals surface area contributed by atoms with E-state index in [-0.39, 0.29) is 24.6 Å². The summed E-state index contributed by atoms with van der Waals surface area (Å²) in [5.41, 5.74) is 3.35. The highest BCUT2D eigenvalue weighted by molar-refractivity contribution is 6.30. The zero-order chi connectivity index (χ0) is 20.5. The van der Waals surface area contributed by atoms with Crippen molar-refractivity contribution in [2.75, 3.05) is 6.54 Å². The molecule has 4 aromatic rings. The number of hydrogen-bond acceptors (Lipinski definition) is 5. The number of nitrogens with one attached hydrogen (secondary N) is 1. The van der Waals surface area contributed by atoms with E-state index in [9.17, 15) is 4.79 Å². The second-order valence-electron chi connectivity index (χ2n) is 7.29. The lowest BCUT2D eigenvalue weighted by molar-refractivity contribution is 0.300. The number of furan rings is 1. The van der Waals surface area contributed by atoms with Crippen molar-refractivity contribution in [3.05, 3.63) is 87.3 Å². The average molecular weight is 458 g/mol. The van der Waals surface area contributed by atoms with E-state index in [4.69, 9.17) is 20.8 Å². The van der Waals surface area contributed by atoms with Gasteiger partial charge in [0, 0.05) is 48.4 Å². The van der Waals surface area contributed by atoms with Gasteiger partial charge in [0.2, 0.25) is 0 Å². The zero-order valence-corrected chi connectivity index (χ0v) is 18.2. The Bertz CT molecular complexity index is 1270. The molecule has 5 rings (SSSR count). The van der Waals surface area contributed by atoms with Crippen LogP contribution < -0.4 is 15.6 Å². The van der Waals surface area contributed by atoms with Crippen LogP contribution in [-0.4, -0.2) is 16.1 Å². The fourth-order valence-corrected chi connectivity index (χ4v) is 3.85. The SMILES string of the molecule is Cl.O=c1cc(OCc2ccc(Cl)cn2)ccn1-c1ccc2c3c(oc2c1)CCCNC3. The minimum absolute atomic E-state index is 0. The number of aryl methyl sites for hydroxylation is 1. The van der Waals surface area contributed by atoms with Gasteiger partial charge in [-0.05, 0) is 43.3 Å². The number of aromatic nitrogens is 2. The minimum Gasteiger partial charge on any atom is -0.487 e. The Morgan fingerprint density at radius 3 is 2.90 bits per heavy atom. The number of hydrogen-bond donors (Lipinski definition) is 1. The van der Waals surface area contributed by atoms with E-state index in [1.54, 1.807) is 35.2 Å². The lowest BCUT2D eigenvalue weighted by atomic mass is 10.1. The summed E-state index contributed by atoms with van der Waals surface area (Å²) in [6.45, 7) is 2.08. The van der Waals surface area contributed by atoms with Crippen LogP contribution in [0.1, 0.15) is 23.4 Å². The number of halogens is 2. The first-order chi connectivity index (χ1) is 14.7. The van der Waals surface area contributed by atoms with Crippen molar-refractivity contribution in [3.8, 4) is 11.4 Å². The third-order valence-electron chi connectivity index (χ3n) is 5.26. The maximum absolute atomic E-state index is 12.7. The van der Waals surface area contributed by atoms with E-state index in [0.29, 0.717) is 10.8 Å². The Morgan fingerprint density at radius 1 is 1.19 bits per heavy atom. The third kappa shape index (κ3) is 4.46. The van der Waals surface area contributed by atoms with Gasteiger partial charge in [-0.1, -0.05) is 11.6 Å². The van der Waals surface area contributed by atoms with Crippen LogP contribution in [0.5, 0.6) is 5.75 Å². The lowest BCUT2D eigenvalue weighted by Crippen LogP contribution is -2.16. The van der Waals surface area contributed by atoms with Crippen molar-refractivity contribution in [1.29, 1.82) is 0 Å². The Kier molecular flexibility index (Phi) is 6.32. The van der Waals surface area contributed by atoms with Crippen LogP contribution in [0.4, 0.5) is 0 Å². The van der Waals surface area contributed by atoms with E-state index in [2.05, 4.69) is 10.3 Å². The average Bonchev–Trinajstić information content (AvgIpc) is 2.93. The largest absolute Gasteiger partial charge is 0.487 e. The fourth-order valence-electron chi connectivity index (χ4n) is 3.74. The lowest BCUT2D eigenvalue weighted by Gasteiger charge is -2.09. The number of rotatable bonds is 4. The van der Waals surface area contributed by atoms with Gasteiger partial charge in [-0.15, -0.1) is 12.4 Å². The van der Waals surface area contributed by atoms with Gasteiger partial charge in [0.15, 0.2) is 0 Å². The molecule has 0 saturated carbocycles. The number of fused-ring (bicyclic) bond motifs is 3. The quantitative estimate of drug-likeness (QED) is 0.482. The van der Waals surface area contributed by atoms with Crippen LogP contribution in [0.25, 0.3) is 16.7 Å². The monoisotopic (exact) mass is 457 g/mol. The first kappa shape index (κ1) is 21.4. The summed E-state index contributed by atoms with van der Waals surface area (Å²) in [7, 11) is 0. The van der Waals surface area contributed by atoms with E-state index >= 15 is 0 Å². The summed E-state index contributed by atoms with van der Waals surface area (Å²) in [6.07, 6.45) is 5.27. The molecule has 4 heterocycles. The number of benzene rings is 1. The standard InChI is InChI=1S/C23H20ClN3O3.ClH/c24-15-3-4-16(26-12-15)14-29-18-7-9-27(23(28)11-18)17-5-6-19-20-13-25-8-1-2-21(20)30-22(19)10-17;/h3-7,9-12,25H,1-2,8,13-14H2;1H. The van der Waals surface area contributed by atoms with Crippen molar-refractivity contribution in [3.63, 3.8) is 0 Å². The Morgan fingerprint density at radius 2 is 2.10 bits per heavy atom. The molecule has 0 unspecified atom stereocenters. The Labute approximate surface area is 190 Å². The maximum atomic E-state index is 12.7. The highest BCUT2D eigenvalue weighted by atomic mass is 35.5. The van der Waals surface area contributed by atoms with Crippen LogP contribution >= 0.6 is 24.0 Å². The van der Waals surface area contributed by atoms with Crippen LogP contribution in [-0.2, 0) is 19.6 Å². The van der Waals surface area contributed by atoms with Crippen LogP contribution in [0.2, 0.25) is 5.02 Å². The molecule has 1 aliphatic heterocycles. The van der Waals surface area contributed by atoms with Crippen LogP contribution in [0.15, 0.2) is 64.1 Å². The number of nitrogens with zero attached hydrogens (tertiary/aromatic N) is 2. The summed E-state index contributed by atoms with van der Waals surface area (Å²) in [5.74, 6) is 1.53. The molecule has 1 aliphatic rings. The Balaban J connectivity index is 0.00000231. The van der Waals surface area contributed by atoms with E-state index < -0.39 is 0 Å². The molecule has 0 radical (unpaired) electrons. The predicted octanol–water partition coefficient (Wildman–Crippen LogP) is 4.67. The second-order valence-corrected chi connectivity index (χ2v) is 7.73. The number of ether oxygens (including phenoxy) is 1. The summed E-state index contributed by atoms with van der Waals surface area (Å²) >= 11 is 5.84. The third-order valence-corrected chi connectivity index (χ3v) is 5.49. The summed E-state index contributed by atoms with van der Waals surface area (Å²) in [5, 5.41) is 5.10. The smallest absolute Gasteiger partial charge is 0.258 e. The molecule has 1 N–H and O–H groups in total. The molecule has 3 aromatic heterocycles. The van der Waals surface area contributed by atoms with Crippen molar-refractivity contribution in [2.24, 2.45) is 0 Å². The van der Waals surface area contributed by atoms with Gasteiger partial charge in [0.25, 0.3) is 5.56 Å².